The minimum absolute atomic E-state index is 0.150. The molecule has 3 aromatic rings. The van der Waals surface area contributed by atoms with Gasteiger partial charge in [-0.1, -0.05) is 30.7 Å². The van der Waals surface area contributed by atoms with Crippen molar-refractivity contribution in [3.63, 3.8) is 0 Å². The summed E-state index contributed by atoms with van der Waals surface area (Å²) in [6, 6.07) is 10.5. The van der Waals surface area contributed by atoms with E-state index in [1.54, 1.807) is 30.3 Å². The summed E-state index contributed by atoms with van der Waals surface area (Å²) in [6.45, 7) is 3.07. The number of hydrogen-bond donors (Lipinski definition) is 2. The van der Waals surface area contributed by atoms with Crippen LogP contribution in [0.15, 0.2) is 47.4 Å². The molecule has 0 unspecified atom stereocenters. The molecule has 0 saturated carbocycles. The summed E-state index contributed by atoms with van der Waals surface area (Å²) in [5.41, 5.74) is 0.452. The summed E-state index contributed by atoms with van der Waals surface area (Å²) in [5, 5.41) is 3.77. The molecular formula is C18H18ClN5O2. The molecule has 8 heteroatoms. The topological polar surface area (TPSA) is 91.0 Å². The Hall–Kier alpha value is -2.77. The molecule has 0 atom stereocenters. The fraction of sp³-hybridized carbons (Fsp3) is 0.222. The van der Waals surface area contributed by atoms with Crippen LogP contribution in [-0.4, -0.2) is 38.8 Å². The van der Waals surface area contributed by atoms with Gasteiger partial charge in [0.15, 0.2) is 0 Å². The zero-order chi connectivity index (χ0) is 18.5. The molecule has 0 aliphatic rings. The predicted molar refractivity (Wildman–Crippen MR) is 101 cm³/mol. The number of aromatic amines is 1. The fourth-order valence-electron chi connectivity index (χ4n) is 2.54. The van der Waals surface area contributed by atoms with Crippen LogP contribution in [0.4, 0.5) is 5.82 Å². The molecule has 3 rings (SSSR count). The van der Waals surface area contributed by atoms with E-state index in [1.165, 1.54) is 6.20 Å². The Labute approximate surface area is 155 Å². The number of fused-ring (bicyclic) bond motifs is 1. The molecule has 0 radical (unpaired) electrons. The standard InChI is InChI=1S/C18H18ClN5O2/c1-2-24(11-17(25)22-15-8-7-12(19)9-20-15)10-16-21-14-6-4-3-5-13(14)18(26)23-16/h3-9H,2,10-11H2,1H3,(H,20,22,25)(H,21,23,26). The average Bonchev–Trinajstić information content (AvgIpc) is 2.63. The van der Waals surface area contributed by atoms with Gasteiger partial charge < -0.3 is 10.3 Å². The molecule has 26 heavy (non-hydrogen) atoms. The van der Waals surface area contributed by atoms with Gasteiger partial charge in [0.1, 0.15) is 11.6 Å². The number of pyridine rings is 1. The van der Waals surface area contributed by atoms with Gasteiger partial charge in [0.25, 0.3) is 5.56 Å². The predicted octanol–water partition coefficient (Wildman–Crippen LogP) is 2.43. The van der Waals surface area contributed by atoms with E-state index >= 15 is 0 Å². The number of rotatable bonds is 6. The minimum Gasteiger partial charge on any atom is -0.310 e. The first-order chi connectivity index (χ1) is 12.5. The Balaban J connectivity index is 1.68. The van der Waals surface area contributed by atoms with Crippen LogP contribution in [-0.2, 0) is 11.3 Å². The second-order valence-electron chi connectivity index (χ2n) is 5.74. The van der Waals surface area contributed by atoms with E-state index in [0.717, 1.165) is 0 Å². The highest BCUT2D eigenvalue weighted by Gasteiger charge is 2.12. The second kappa shape index (κ2) is 8.07. The second-order valence-corrected chi connectivity index (χ2v) is 6.18. The molecular weight excluding hydrogens is 354 g/mol. The zero-order valence-electron chi connectivity index (χ0n) is 14.2. The van der Waals surface area contributed by atoms with Crippen LogP contribution in [0.25, 0.3) is 10.9 Å². The number of nitrogens with one attached hydrogen (secondary N) is 2. The summed E-state index contributed by atoms with van der Waals surface area (Å²) in [5.74, 6) is 0.755. The van der Waals surface area contributed by atoms with Crippen molar-refractivity contribution >= 4 is 34.2 Å². The molecule has 0 bridgehead atoms. The van der Waals surface area contributed by atoms with Crippen molar-refractivity contribution in [2.24, 2.45) is 0 Å². The normalized spacial score (nSPS) is 11.0. The number of aromatic nitrogens is 3. The number of carbonyl (C=O) groups excluding carboxylic acids is 1. The number of nitrogens with zero attached hydrogens (tertiary/aromatic N) is 3. The minimum atomic E-state index is -0.204. The molecule has 2 heterocycles. The molecule has 1 aromatic carbocycles. The molecule has 0 saturated heterocycles. The number of para-hydroxylation sites is 1. The Morgan fingerprint density at radius 1 is 1.27 bits per heavy atom. The lowest BCUT2D eigenvalue weighted by Gasteiger charge is -2.19. The highest BCUT2D eigenvalue weighted by Crippen LogP contribution is 2.10. The summed E-state index contributed by atoms with van der Waals surface area (Å²) in [6.07, 6.45) is 1.47. The SMILES string of the molecule is CCN(CC(=O)Nc1ccc(Cl)cn1)Cc1nc2ccccc2c(=O)[nH]1. The van der Waals surface area contributed by atoms with E-state index in [0.29, 0.717) is 40.7 Å². The van der Waals surface area contributed by atoms with Crippen LogP contribution in [0.3, 0.4) is 0 Å². The largest absolute Gasteiger partial charge is 0.310 e. The molecule has 0 fully saturated rings. The first-order valence-corrected chi connectivity index (χ1v) is 8.54. The van der Waals surface area contributed by atoms with Gasteiger partial charge in [-0.3, -0.25) is 14.5 Å². The van der Waals surface area contributed by atoms with Crippen molar-refractivity contribution in [1.82, 2.24) is 19.9 Å². The van der Waals surface area contributed by atoms with Crippen LogP contribution >= 0.6 is 11.6 Å². The van der Waals surface area contributed by atoms with E-state index in [1.807, 2.05) is 17.9 Å². The maximum Gasteiger partial charge on any atom is 0.258 e. The summed E-state index contributed by atoms with van der Waals surface area (Å²) in [7, 11) is 0. The lowest BCUT2D eigenvalue weighted by Crippen LogP contribution is -2.34. The molecule has 0 spiro atoms. The maximum atomic E-state index is 12.2. The summed E-state index contributed by atoms with van der Waals surface area (Å²) in [4.78, 5) is 37.5. The first kappa shape index (κ1) is 18.0. The molecule has 1 amide bonds. The smallest absolute Gasteiger partial charge is 0.258 e. The van der Waals surface area contributed by atoms with Gasteiger partial charge in [-0.15, -0.1) is 0 Å². The van der Waals surface area contributed by atoms with Crippen LogP contribution in [0.1, 0.15) is 12.7 Å². The third kappa shape index (κ3) is 4.44. The first-order valence-electron chi connectivity index (χ1n) is 8.17. The number of benzene rings is 1. The molecule has 2 aromatic heterocycles. The van der Waals surface area contributed by atoms with Gasteiger partial charge in [0.05, 0.1) is 29.0 Å². The van der Waals surface area contributed by atoms with Gasteiger partial charge in [0, 0.05) is 6.20 Å². The van der Waals surface area contributed by atoms with Gasteiger partial charge in [-0.05, 0) is 30.8 Å². The number of hydrogen-bond acceptors (Lipinski definition) is 5. The fourth-order valence-corrected chi connectivity index (χ4v) is 2.65. The lowest BCUT2D eigenvalue weighted by molar-refractivity contribution is -0.117. The number of anilines is 1. The van der Waals surface area contributed by atoms with Gasteiger partial charge in [-0.25, -0.2) is 9.97 Å². The molecule has 134 valence electrons. The number of halogens is 1. The monoisotopic (exact) mass is 371 g/mol. The van der Waals surface area contributed by atoms with Gasteiger partial charge >= 0.3 is 0 Å². The average molecular weight is 372 g/mol. The Morgan fingerprint density at radius 2 is 2.08 bits per heavy atom. The van der Waals surface area contributed by atoms with Crippen LogP contribution in [0, 0.1) is 0 Å². The third-order valence-electron chi connectivity index (χ3n) is 3.84. The van der Waals surface area contributed by atoms with Crippen molar-refractivity contribution < 1.29 is 4.79 Å². The highest BCUT2D eigenvalue weighted by atomic mass is 35.5. The van der Waals surface area contributed by atoms with Gasteiger partial charge in [0.2, 0.25) is 5.91 Å². The Bertz CT molecular complexity index is 971. The van der Waals surface area contributed by atoms with E-state index in [2.05, 4.69) is 20.3 Å². The van der Waals surface area contributed by atoms with Crippen LogP contribution in [0.5, 0.6) is 0 Å². The van der Waals surface area contributed by atoms with Crippen molar-refractivity contribution in [2.75, 3.05) is 18.4 Å². The molecule has 7 nitrogen and oxygen atoms in total. The van der Waals surface area contributed by atoms with Crippen molar-refractivity contribution in [3.05, 3.63) is 63.8 Å². The molecule has 0 aliphatic heterocycles. The van der Waals surface area contributed by atoms with Gasteiger partial charge in [-0.2, -0.15) is 0 Å². The lowest BCUT2D eigenvalue weighted by atomic mass is 10.2. The van der Waals surface area contributed by atoms with Crippen LogP contribution < -0.4 is 10.9 Å². The molecule has 0 aliphatic carbocycles. The number of H-pyrrole nitrogens is 1. The van der Waals surface area contributed by atoms with Crippen molar-refractivity contribution in [3.8, 4) is 0 Å². The van der Waals surface area contributed by atoms with Crippen LogP contribution in [0.2, 0.25) is 5.02 Å². The summed E-state index contributed by atoms with van der Waals surface area (Å²) < 4.78 is 0. The van der Waals surface area contributed by atoms with E-state index in [9.17, 15) is 9.59 Å². The quantitative estimate of drug-likeness (QED) is 0.694. The van der Waals surface area contributed by atoms with Crippen molar-refractivity contribution in [1.29, 1.82) is 0 Å². The summed E-state index contributed by atoms with van der Waals surface area (Å²) >= 11 is 5.78. The van der Waals surface area contributed by atoms with E-state index < -0.39 is 0 Å². The third-order valence-corrected chi connectivity index (χ3v) is 4.07. The Morgan fingerprint density at radius 3 is 2.81 bits per heavy atom. The highest BCUT2D eigenvalue weighted by molar-refractivity contribution is 6.30. The Kier molecular flexibility index (Phi) is 5.60. The molecule has 2 N–H and O–H groups in total. The number of carbonyl (C=O) groups is 1. The van der Waals surface area contributed by atoms with Crippen molar-refractivity contribution in [2.45, 2.75) is 13.5 Å². The maximum absolute atomic E-state index is 12.2. The number of amides is 1. The zero-order valence-corrected chi connectivity index (χ0v) is 15.0. The number of likely N-dealkylation sites (N-methyl/N-ethyl adjacent to an activating group) is 1. The van der Waals surface area contributed by atoms with E-state index in [4.69, 9.17) is 11.6 Å². The van der Waals surface area contributed by atoms with E-state index in [-0.39, 0.29) is 18.0 Å².